The van der Waals surface area contributed by atoms with Crippen molar-refractivity contribution in [1.82, 2.24) is 0 Å². The van der Waals surface area contributed by atoms with E-state index < -0.39 is 0 Å². The van der Waals surface area contributed by atoms with Crippen LogP contribution in [0.3, 0.4) is 0 Å². The second kappa shape index (κ2) is 14.2. The molecule has 292 valence electrons. The molecule has 0 heterocycles. The predicted molar refractivity (Wildman–Crippen MR) is 269 cm³/mol. The molecule has 63 heavy (non-hydrogen) atoms. The molecule has 0 N–H and O–H groups in total. The molecule has 12 aromatic rings. The van der Waals surface area contributed by atoms with E-state index in [0.717, 1.165) is 17.1 Å². The van der Waals surface area contributed by atoms with E-state index in [9.17, 15) is 0 Å². The van der Waals surface area contributed by atoms with Gasteiger partial charge in [-0.1, -0.05) is 194 Å². The minimum atomic E-state index is 1.11. The van der Waals surface area contributed by atoms with Crippen LogP contribution in [0.25, 0.3) is 109 Å². The summed E-state index contributed by atoms with van der Waals surface area (Å²) in [5.74, 6) is 0. The summed E-state index contributed by atoms with van der Waals surface area (Å²) in [7, 11) is 0. The lowest BCUT2D eigenvalue weighted by atomic mass is 9.82. The first-order valence-corrected chi connectivity index (χ1v) is 21.8. The highest BCUT2D eigenvalue weighted by Crippen LogP contribution is 2.58. The zero-order valence-electron chi connectivity index (χ0n) is 34.5. The fraction of sp³-hybridized carbons (Fsp3) is 0. The maximum atomic E-state index is 2.41. The average molecular weight is 798 g/mol. The van der Waals surface area contributed by atoms with Crippen molar-refractivity contribution in [2.24, 2.45) is 0 Å². The maximum absolute atomic E-state index is 2.41. The van der Waals surface area contributed by atoms with Crippen LogP contribution in [-0.4, -0.2) is 0 Å². The Hall–Kier alpha value is -8.26. The van der Waals surface area contributed by atoms with Crippen molar-refractivity contribution in [3.8, 4) is 55.6 Å². The van der Waals surface area contributed by atoms with Gasteiger partial charge in [0.2, 0.25) is 0 Å². The first-order chi connectivity index (χ1) is 31.2. The number of anilines is 3. The Kier molecular flexibility index (Phi) is 7.98. The summed E-state index contributed by atoms with van der Waals surface area (Å²) < 4.78 is 0. The smallest absolute Gasteiger partial charge is 0.0468 e. The lowest BCUT2D eigenvalue weighted by Crippen LogP contribution is -2.10. The van der Waals surface area contributed by atoms with Gasteiger partial charge in [0.05, 0.1) is 0 Å². The Morgan fingerprint density at radius 3 is 1.33 bits per heavy atom. The van der Waals surface area contributed by atoms with E-state index in [4.69, 9.17) is 0 Å². The molecule has 1 aliphatic rings. The highest BCUT2D eigenvalue weighted by atomic mass is 15.1. The average Bonchev–Trinajstić information content (AvgIpc) is 3.68. The van der Waals surface area contributed by atoms with E-state index in [-0.39, 0.29) is 0 Å². The van der Waals surface area contributed by atoms with Gasteiger partial charge in [0.15, 0.2) is 0 Å². The molecule has 1 nitrogen and oxygen atoms in total. The van der Waals surface area contributed by atoms with Crippen molar-refractivity contribution in [3.63, 3.8) is 0 Å². The molecule has 0 aliphatic heterocycles. The molecular weight excluding hydrogens is 759 g/mol. The van der Waals surface area contributed by atoms with E-state index in [1.54, 1.807) is 0 Å². The van der Waals surface area contributed by atoms with Gasteiger partial charge in [0, 0.05) is 17.1 Å². The predicted octanol–water partition coefficient (Wildman–Crippen LogP) is 17.6. The van der Waals surface area contributed by atoms with Crippen molar-refractivity contribution < 1.29 is 0 Å². The fourth-order valence-corrected chi connectivity index (χ4v) is 10.5. The topological polar surface area (TPSA) is 3.24 Å². The third-order valence-electron chi connectivity index (χ3n) is 13.3. The maximum Gasteiger partial charge on any atom is 0.0468 e. The van der Waals surface area contributed by atoms with Crippen molar-refractivity contribution in [2.45, 2.75) is 0 Å². The Bertz CT molecular complexity index is 3720. The molecule has 0 radical (unpaired) electrons. The minimum absolute atomic E-state index is 1.11. The SMILES string of the molecule is c1ccc(-c2c3c(c(-c4ccc5ccccc5c4)c4ccccc24)-c2ccc(-c4cccc(N(c5ccc6ccccc6c5)c5ccc6ccccc6c5)c4)c4cccc-3c24)cc1. The number of hydrogen-bond acceptors (Lipinski definition) is 1. The molecule has 0 saturated heterocycles. The summed E-state index contributed by atoms with van der Waals surface area (Å²) in [6.07, 6.45) is 0. The zero-order chi connectivity index (χ0) is 41.4. The van der Waals surface area contributed by atoms with Gasteiger partial charge in [-0.3, -0.25) is 0 Å². The van der Waals surface area contributed by atoms with Gasteiger partial charge < -0.3 is 4.90 Å². The molecule has 0 amide bonds. The van der Waals surface area contributed by atoms with Crippen LogP contribution in [0.15, 0.2) is 237 Å². The molecule has 0 atom stereocenters. The quantitative estimate of drug-likeness (QED) is 0.162. The highest BCUT2D eigenvalue weighted by Gasteiger charge is 2.31. The zero-order valence-corrected chi connectivity index (χ0v) is 34.5. The monoisotopic (exact) mass is 797 g/mol. The molecular formula is C62H39N. The molecule has 0 saturated carbocycles. The third kappa shape index (κ3) is 5.64. The molecule has 0 unspecified atom stereocenters. The summed E-state index contributed by atoms with van der Waals surface area (Å²) >= 11 is 0. The van der Waals surface area contributed by atoms with Crippen LogP contribution in [0.4, 0.5) is 17.1 Å². The van der Waals surface area contributed by atoms with Gasteiger partial charge in [-0.2, -0.15) is 0 Å². The standard InChI is InChI=1S/C62H39N/c1-2-17-43(18-3-1)58-54-24-10-11-25-55(54)59(48-29-28-40-14-4-7-19-44(40)36-48)62-57-35-34-52(53-26-13-27-56(60(53)57)61(58)62)47-22-12-23-49(39-47)63(50-32-30-41-15-5-8-20-45(41)37-50)51-33-31-42-16-6-9-21-46(42)38-51/h1-39H. The van der Waals surface area contributed by atoms with Gasteiger partial charge in [-0.25, -0.2) is 0 Å². The van der Waals surface area contributed by atoms with Crippen LogP contribution >= 0.6 is 0 Å². The second-order valence-electron chi connectivity index (χ2n) is 16.8. The normalized spacial score (nSPS) is 11.8. The molecule has 12 aromatic carbocycles. The Labute approximate surface area is 366 Å². The van der Waals surface area contributed by atoms with E-state index in [2.05, 4.69) is 241 Å². The first kappa shape index (κ1) is 35.5. The summed E-state index contributed by atoms with van der Waals surface area (Å²) in [6.45, 7) is 0. The summed E-state index contributed by atoms with van der Waals surface area (Å²) in [5, 5.41) is 12.5. The van der Waals surface area contributed by atoms with Gasteiger partial charge in [-0.05, 0) is 152 Å². The van der Waals surface area contributed by atoms with E-state index in [0.29, 0.717) is 0 Å². The number of rotatable bonds is 6. The van der Waals surface area contributed by atoms with Crippen LogP contribution in [-0.2, 0) is 0 Å². The fourth-order valence-electron chi connectivity index (χ4n) is 10.5. The lowest BCUT2D eigenvalue weighted by Gasteiger charge is -2.27. The van der Waals surface area contributed by atoms with Crippen molar-refractivity contribution >= 4 is 70.9 Å². The summed E-state index contributed by atoms with van der Waals surface area (Å²) in [5.41, 5.74) is 16.0. The second-order valence-corrected chi connectivity index (χ2v) is 16.8. The van der Waals surface area contributed by atoms with E-state index in [1.165, 1.54) is 109 Å². The Balaban J connectivity index is 1.04. The Morgan fingerprint density at radius 2 is 0.683 bits per heavy atom. The van der Waals surface area contributed by atoms with E-state index in [1.807, 2.05) is 0 Å². The molecule has 0 bridgehead atoms. The minimum Gasteiger partial charge on any atom is -0.310 e. The van der Waals surface area contributed by atoms with Crippen LogP contribution in [0.1, 0.15) is 0 Å². The number of nitrogens with zero attached hydrogens (tertiary/aromatic N) is 1. The van der Waals surface area contributed by atoms with Crippen LogP contribution in [0.2, 0.25) is 0 Å². The van der Waals surface area contributed by atoms with Gasteiger partial charge >= 0.3 is 0 Å². The summed E-state index contributed by atoms with van der Waals surface area (Å²) in [6, 6.07) is 87.4. The molecule has 1 aliphatic carbocycles. The molecule has 1 heteroatoms. The van der Waals surface area contributed by atoms with Crippen molar-refractivity contribution in [2.75, 3.05) is 4.90 Å². The van der Waals surface area contributed by atoms with Crippen LogP contribution < -0.4 is 4.90 Å². The molecule has 0 fully saturated rings. The number of hydrogen-bond donors (Lipinski definition) is 0. The van der Waals surface area contributed by atoms with Crippen molar-refractivity contribution in [3.05, 3.63) is 237 Å². The third-order valence-corrected chi connectivity index (χ3v) is 13.3. The van der Waals surface area contributed by atoms with Crippen molar-refractivity contribution in [1.29, 1.82) is 0 Å². The van der Waals surface area contributed by atoms with Gasteiger partial charge in [-0.15, -0.1) is 0 Å². The van der Waals surface area contributed by atoms with Crippen LogP contribution in [0, 0.1) is 0 Å². The van der Waals surface area contributed by atoms with Gasteiger partial charge in [0.1, 0.15) is 0 Å². The summed E-state index contributed by atoms with van der Waals surface area (Å²) in [4.78, 5) is 2.41. The highest BCUT2D eigenvalue weighted by molar-refractivity contribution is 6.29. The number of benzene rings is 12. The first-order valence-electron chi connectivity index (χ1n) is 21.8. The molecule has 0 spiro atoms. The lowest BCUT2D eigenvalue weighted by molar-refractivity contribution is 1.29. The number of fused-ring (bicyclic) bond motifs is 7. The van der Waals surface area contributed by atoms with Gasteiger partial charge in [0.25, 0.3) is 0 Å². The molecule has 0 aromatic heterocycles. The largest absolute Gasteiger partial charge is 0.310 e. The van der Waals surface area contributed by atoms with E-state index >= 15 is 0 Å². The molecule has 13 rings (SSSR count). The Morgan fingerprint density at radius 1 is 0.222 bits per heavy atom. The van der Waals surface area contributed by atoms with Crippen LogP contribution in [0.5, 0.6) is 0 Å².